The number of nitrogens with zero attached hydrogens (tertiary/aromatic N) is 1. The second kappa shape index (κ2) is 6.64. The molecule has 7 heteroatoms. The summed E-state index contributed by atoms with van der Waals surface area (Å²) in [5.74, 6) is -0.873. The lowest BCUT2D eigenvalue weighted by atomic mass is 9.93. The first kappa shape index (κ1) is 16.9. The summed E-state index contributed by atoms with van der Waals surface area (Å²) in [4.78, 5) is 16.5. The Kier molecular flexibility index (Phi) is 4.32. The lowest BCUT2D eigenvalue weighted by Gasteiger charge is -2.22. The molecule has 2 heterocycles. The fourth-order valence-electron chi connectivity index (χ4n) is 3.46. The molecule has 2 fully saturated rings. The number of anilines is 1. The maximum absolute atomic E-state index is 13.6. The van der Waals surface area contributed by atoms with Gasteiger partial charge in [0.05, 0.1) is 6.20 Å². The highest BCUT2D eigenvalue weighted by Crippen LogP contribution is 2.59. The molecule has 1 spiro atoms. The van der Waals surface area contributed by atoms with Gasteiger partial charge in [0.1, 0.15) is 17.4 Å². The van der Waals surface area contributed by atoms with E-state index in [0.717, 1.165) is 31.4 Å². The fourth-order valence-corrected chi connectivity index (χ4v) is 3.46. The molecule has 1 saturated carbocycles. The van der Waals surface area contributed by atoms with Crippen LogP contribution >= 0.6 is 0 Å². The van der Waals surface area contributed by atoms with E-state index in [0.29, 0.717) is 24.8 Å². The van der Waals surface area contributed by atoms with Crippen LogP contribution in [-0.2, 0) is 9.53 Å². The lowest BCUT2D eigenvalue weighted by molar-refractivity contribution is -0.118. The molecule has 4 rings (SSSR count). The van der Waals surface area contributed by atoms with Crippen molar-refractivity contribution < 1.29 is 23.0 Å². The molecular weight excluding hydrogens is 342 g/mol. The van der Waals surface area contributed by atoms with Crippen molar-refractivity contribution in [2.24, 2.45) is 11.3 Å². The number of halogens is 2. The minimum absolute atomic E-state index is 0.0115. The maximum atomic E-state index is 13.6. The third-order valence-electron chi connectivity index (χ3n) is 5.10. The lowest BCUT2D eigenvalue weighted by Crippen LogP contribution is -2.24. The number of benzene rings is 1. The number of hydrogen-bond donors (Lipinski definition) is 1. The average molecular weight is 360 g/mol. The van der Waals surface area contributed by atoms with Gasteiger partial charge in [-0.3, -0.25) is 4.79 Å². The molecule has 1 aliphatic heterocycles. The first-order valence-electron chi connectivity index (χ1n) is 8.53. The number of amides is 1. The third-order valence-corrected chi connectivity index (χ3v) is 5.10. The van der Waals surface area contributed by atoms with E-state index in [1.165, 1.54) is 12.3 Å². The van der Waals surface area contributed by atoms with E-state index in [2.05, 4.69) is 10.3 Å². The van der Waals surface area contributed by atoms with Crippen LogP contribution in [0.15, 0.2) is 36.5 Å². The summed E-state index contributed by atoms with van der Waals surface area (Å²) in [7, 11) is 0. The molecule has 2 aromatic rings. The molecule has 1 aromatic carbocycles. The molecule has 1 saturated heterocycles. The molecule has 2 aliphatic rings. The van der Waals surface area contributed by atoms with Crippen LogP contribution in [0.25, 0.3) is 0 Å². The second-order valence-corrected chi connectivity index (χ2v) is 6.78. The minimum atomic E-state index is -0.794. The summed E-state index contributed by atoms with van der Waals surface area (Å²) in [5.41, 5.74) is 0.103. The van der Waals surface area contributed by atoms with E-state index in [1.54, 1.807) is 12.1 Å². The van der Waals surface area contributed by atoms with Crippen LogP contribution in [0.1, 0.15) is 19.3 Å². The van der Waals surface area contributed by atoms with Gasteiger partial charge in [0.25, 0.3) is 0 Å². The molecule has 1 N–H and O–H groups in total. The first-order chi connectivity index (χ1) is 12.6. The number of carbonyl (C=O) groups excluding carboxylic acids is 1. The molecule has 1 aliphatic carbocycles. The summed E-state index contributed by atoms with van der Waals surface area (Å²) >= 11 is 0. The van der Waals surface area contributed by atoms with E-state index >= 15 is 0 Å². The van der Waals surface area contributed by atoms with Crippen LogP contribution in [0, 0.1) is 23.0 Å². The molecule has 26 heavy (non-hydrogen) atoms. The number of pyridine rings is 1. The van der Waals surface area contributed by atoms with E-state index in [1.807, 2.05) is 0 Å². The van der Waals surface area contributed by atoms with Crippen molar-refractivity contribution in [3.05, 3.63) is 48.2 Å². The van der Waals surface area contributed by atoms with E-state index in [-0.39, 0.29) is 23.0 Å². The van der Waals surface area contributed by atoms with Crippen molar-refractivity contribution in [3.63, 3.8) is 0 Å². The number of nitrogens with one attached hydrogen (secondary N) is 1. The zero-order chi connectivity index (χ0) is 18.1. The molecule has 1 amide bonds. The van der Waals surface area contributed by atoms with Crippen molar-refractivity contribution in [3.8, 4) is 11.5 Å². The van der Waals surface area contributed by atoms with Gasteiger partial charge in [-0.2, -0.15) is 0 Å². The van der Waals surface area contributed by atoms with Gasteiger partial charge in [0.2, 0.25) is 5.91 Å². The molecule has 136 valence electrons. The highest BCUT2D eigenvalue weighted by Gasteiger charge is 2.58. The molecule has 5 nitrogen and oxygen atoms in total. The summed E-state index contributed by atoms with van der Waals surface area (Å²) in [6.45, 7) is 1.43. The Labute approximate surface area is 149 Å². The maximum Gasteiger partial charge on any atom is 0.229 e. The van der Waals surface area contributed by atoms with Crippen molar-refractivity contribution in [2.75, 3.05) is 18.5 Å². The van der Waals surface area contributed by atoms with Crippen molar-refractivity contribution >= 4 is 11.7 Å². The Balaban J connectivity index is 1.36. The smallest absolute Gasteiger partial charge is 0.229 e. The first-order valence-corrected chi connectivity index (χ1v) is 8.53. The van der Waals surface area contributed by atoms with Gasteiger partial charge in [-0.1, -0.05) is 0 Å². The topological polar surface area (TPSA) is 60.5 Å². The van der Waals surface area contributed by atoms with Crippen LogP contribution in [0.2, 0.25) is 0 Å². The molecule has 1 aromatic heterocycles. The largest absolute Gasteiger partial charge is 0.453 e. The second-order valence-electron chi connectivity index (χ2n) is 6.78. The Morgan fingerprint density at radius 3 is 2.73 bits per heavy atom. The van der Waals surface area contributed by atoms with Gasteiger partial charge >= 0.3 is 0 Å². The zero-order valence-corrected chi connectivity index (χ0v) is 14.0. The number of rotatable bonds is 4. The van der Waals surface area contributed by atoms with Gasteiger partial charge in [-0.25, -0.2) is 13.8 Å². The molecular formula is C19H18F2N2O3. The molecule has 0 bridgehead atoms. The van der Waals surface area contributed by atoms with Gasteiger partial charge in [0, 0.05) is 25.2 Å². The molecule has 1 atom stereocenters. The van der Waals surface area contributed by atoms with Gasteiger partial charge < -0.3 is 14.8 Å². The molecule has 1 unspecified atom stereocenters. The Morgan fingerprint density at radius 1 is 1.23 bits per heavy atom. The number of aromatic nitrogens is 1. The highest BCUT2D eigenvalue weighted by molar-refractivity contribution is 5.94. The summed E-state index contributed by atoms with van der Waals surface area (Å²) < 4.78 is 37.2. The van der Waals surface area contributed by atoms with Gasteiger partial charge in [0.15, 0.2) is 11.6 Å². The average Bonchev–Trinajstić information content (AvgIpc) is 3.33. The number of carbonyl (C=O) groups is 1. The van der Waals surface area contributed by atoms with Crippen molar-refractivity contribution in [1.82, 2.24) is 4.98 Å². The monoisotopic (exact) mass is 360 g/mol. The van der Waals surface area contributed by atoms with E-state index in [4.69, 9.17) is 9.47 Å². The quantitative estimate of drug-likeness (QED) is 0.898. The fraction of sp³-hybridized carbons (Fsp3) is 0.368. The Bertz CT molecular complexity index is 820. The number of hydrogen-bond acceptors (Lipinski definition) is 4. The highest BCUT2D eigenvalue weighted by atomic mass is 19.1. The standard InChI is InChI=1S/C19H18F2N2O3/c20-12-1-3-16(15(21)9-12)26-13-2-4-17(22-11-13)23-18(24)14-10-19(14)5-7-25-8-6-19/h1-4,9,11,14H,5-8,10H2,(H,22,23,24). The van der Waals surface area contributed by atoms with Crippen molar-refractivity contribution in [2.45, 2.75) is 19.3 Å². The van der Waals surface area contributed by atoms with Crippen molar-refractivity contribution in [1.29, 1.82) is 0 Å². The Morgan fingerprint density at radius 2 is 2.04 bits per heavy atom. The summed E-state index contributed by atoms with van der Waals surface area (Å²) in [6.07, 6.45) is 4.13. The SMILES string of the molecule is O=C(Nc1ccc(Oc2ccc(F)cc2F)cn1)C1CC12CCOCC2. The van der Waals surface area contributed by atoms with Crippen LogP contribution in [0.5, 0.6) is 11.5 Å². The van der Waals surface area contributed by atoms with Crippen LogP contribution in [0.3, 0.4) is 0 Å². The predicted molar refractivity (Wildman–Crippen MR) is 89.9 cm³/mol. The third kappa shape index (κ3) is 3.39. The van der Waals surface area contributed by atoms with Crippen LogP contribution in [0.4, 0.5) is 14.6 Å². The van der Waals surface area contributed by atoms with Gasteiger partial charge in [-0.05, 0) is 48.9 Å². The summed E-state index contributed by atoms with van der Waals surface area (Å²) in [5, 5.41) is 2.82. The normalized spacial score (nSPS) is 20.6. The van der Waals surface area contributed by atoms with Gasteiger partial charge in [-0.15, -0.1) is 0 Å². The van der Waals surface area contributed by atoms with E-state index in [9.17, 15) is 13.6 Å². The zero-order valence-electron chi connectivity index (χ0n) is 14.0. The minimum Gasteiger partial charge on any atom is -0.453 e. The number of ether oxygens (including phenoxy) is 2. The molecule has 0 radical (unpaired) electrons. The van der Waals surface area contributed by atoms with Crippen LogP contribution in [-0.4, -0.2) is 24.1 Å². The predicted octanol–water partition coefficient (Wildman–Crippen LogP) is 3.91. The summed E-state index contributed by atoms with van der Waals surface area (Å²) in [6, 6.07) is 6.23. The van der Waals surface area contributed by atoms with Crippen LogP contribution < -0.4 is 10.1 Å². The van der Waals surface area contributed by atoms with E-state index < -0.39 is 11.6 Å². The Hall–Kier alpha value is -2.54.